The average molecular weight is 220 g/mol. The van der Waals surface area contributed by atoms with Crippen LogP contribution in [0.1, 0.15) is 13.8 Å². The number of carbonyl (C=O) groups is 2. The second kappa shape index (κ2) is 7.31. The molecule has 0 heterocycles. The number of esters is 1. The van der Waals surface area contributed by atoms with Crippen LogP contribution < -0.4 is 5.32 Å². The van der Waals surface area contributed by atoms with E-state index >= 15 is 0 Å². The Morgan fingerprint density at radius 1 is 1.57 bits per heavy atom. The van der Waals surface area contributed by atoms with E-state index < -0.39 is 12.0 Å². The van der Waals surface area contributed by atoms with Gasteiger partial charge in [0.05, 0.1) is 6.61 Å². The van der Waals surface area contributed by atoms with E-state index in [0.717, 1.165) is 0 Å². The van der Waals surface area contributed by atoms with E-state index in [2.05, 4.69) is 9.90 Å². The third-order valence-corrected chi connectivity index (χ3v) is 1.83. The molecule has 0 aliphatic rings. The molecular weight excluding hydrogens is 208 g/mol. The van der Waals surface area contributed by atoms with Gasteiger partial charge in [-0.15, -0.1) is 4.91 Å². The van der Waals surface area contributed by atoms with Crippen molar-refractivity contribution in [3.8, 4) is 0 Å². The van der Waals surface area contributed by atoms with Gasteiger partial charge in [0.25, 0.3) is 0 Å². The van der Waals surface area contributed by atoms with E-state index in [4.69, 9.17) is 4.74 Å². The van der Waals surface area contributed by atoms with Crippen LogP contribution in [0.2, 0.25) is 0 Å². The van der Waals surface area contributed by atoms with E-state index in [-0.39, 0.29) is 18.3 Å². The van der Waals surface area contributed by atoms with Crippen LogP contribution in [0.3, 0.4) is 0 Å². The molecular formula is C7H12N2O4S. The summed E-state index contributed by atoms with van der Waals surface area (Å²) in [5.41, 5.74) is 0. The van der Waals surface area contributed by atoms with Crippen molar-refractivity contribution in [3.63, 3.8) is 0 Å². The molecule has 0 aromatic heterocycles. The van der Waals surface area contributed by atoms with Gasteiger partial charge >= 0.3 is 5.97 Å². The Balaban J connectivity index is 4.14. The van der Waals surface area contributed by atoms with Crippen LogP contribution in [-0.4, -0.2) is 30.3 Å². The number of hydrogen-bond donors (Lipinski definition) is 1. The lowest BCUT2D eigenvalue weighted by atomic mass is 10.3. The number of hydrogen-bond acceptors (Lipinski definition) is 6. The fourth-order valence-corrected chi connectivity index (χ4v) is 1.19. The minimum atomic E-state index is -0.810. The van der Waals surface area contributed by atoms with E-state index in [1.807, 2.05) is 0 Å². The zero-order valence-corrected chi connectivity index (χ0v) is 8.80. The van der Waals surface area contributed by atoms with Crippen LogP contribution >= 0.6 is 11.9 Å². The van der Waals surface area contributed by atoms with Gasteiger partial charge in [0.15, 0.2) is 0 Å². The van der Waals surface area contributed by atoms with Crippen molar-refractivity contribution in [1.82, 2.24) is 5.32 Å². The standard InChI is InChI=1S/C7H12N2O4S/c1-3-13-7(11)6(4-14-9-12)8-5(2)10/h6H,3-4H2,1-2H3,(H,8,10)/t6-/m0/s1. The van der Waals surface area contributed by atoms with Crippen molar-refractivity contribution < 1.29 is 14.3 Å². The fraction of sp³-hybridized carbons (Fsp3) is 0.714. The van der Waals surface area contributed by atoms with Gasteiger partial charge < -0.3 is 10.1 Å². The minimum absolute atomic E-state index is 0.0852. The number of nitroso groups, excluding NO2 is 1. The monoisotopic (exact) mass is 220 g/mol. The molecule has 0 rings (SSSR count). The van der Waals surface area contributed by atoms with E-state index in [0.29, 0.717) is 11.9 Å². The van der Waals surface area contributed by atoms with Gasteiger partial charge in [-0.3, -0.25) is 4.79 Å². The van der Waals surface area contributed by atoms with Crippen molar-refractivity contribution in [3.05, 3.63) is 4.91 Å². The Kier molecular flexibility index (Phi) is 6.73. The Hall–Kier alpha value is -1.11. The zero-order valence-electron chi connectivity index (χ0n) is 7.98. The van der Waals surface area contributed by atoms with Crippen LogP contribution in [0.4, 0.5) is 0 Å². The lowest BCUT2D eigenvalue weighted by molar-refractivity contribution is -0.146. The van der Waals surface area contributed by atoms with Crippen LogP contribution in [-0.2, 0) is 14.3 Å². The molecule has 1 N–H and O–H groups in total. The number of nitrogens with zero attached hydrogens (tertiary/aromatic N) is 1. The summed E-state index contributed by atoms with van der Waals surface area (Å²) in [6.07, 6.45) is 0. The summed E-state index contributed by atoms with van der Waals surface area (Å²) < 4.78 is 7.22. The molecule has 0 bridgehead atoms. The van der Waals surface area contributed by atoms with Gasteiger partial charge in [-0.2, -0.15) is 0 Å². The summed E-state index contributed by atoms with van der Waals surface area (Å²) in [7, 11) is 0. The molecule has 1 atom stereocenters. The summed E-state index contributed by atoms with van der Waals surface area (Å²) in [5, 5.41) is 2.37. The van der Waals surface area contributed by atoms with Gasteiger partial charge in [0.2, 0.25) is 5.91 Å². The molecule has 0 unspecified atom stereocenters. The largest absolute Gasteiger partial charge is 0.464 e. The molecule has 0 saturated carbocycles. The van der Waals surface area contributed by atoms with Crippen molar-refractivity contribution in [2.24, 2.45) is 4.58 Å². The maximum absolute atomic E-state index is 11.2. The first-order valence-electron chi connectivity index (χ1n) is 4.00. The van der Waals surface area contributed by atoms with Crippen LogP contribution in [0.5, 0.6) is 0 Å². The van der Waals surface area contributed by atoms with Crippen LogP contribution in [0.15, 0.2) is 4.58 Å². The first-order valence-corrected chi connectivity index (χ1v) is 4.94. The van der Waals surface area contributed by atoms with Gasteiger partial charge in [0, 0.05) is 29.2 Å². The van der Waals surface area contributed by atoms with Gasteiger partial charge in [-0.1, -0.05) is 0 Å². The molecule has 1 amide bonds. The quantitative estimate of drug-likeness (QED) is 0.399. The summed E-state index contributed by atoms with van der Waals surface area (Å²) in [5.74, 6) is -0.824. The highest BCUT2D eigenvalue weighted by Gasteiger charge is 2.20. The van der Waals surface area contributed by atoms with Crippen molar-refractivity contribution >= 4 is 23.8 Å². The first-order chi connectivity index (χ1) is 6.61. The number of nitrogens with one attached hydrogen (secondary N) is 1. The molecule has 0 aromatic carbocycles. The minimum Gasteiger partial charge on any atom is -0.464 e. The molecule has 0 spiro atoms. The normalized spacial score (nSPS) is 11.6. The Bertz CT molecular complexity index is 222. The molecule has 0 saturated heterocycles. The van der Waals surface area contributed by atoms with E-state index in [1.54, 1.807) is 6.92 Å². The predicted molar refractivity (Wildman–Crippen MR) is 52.5 cm³/mol. The second-order valence-corrected chi connectivity index (χ2v) is 3.12. The molecule has 0 aromatic rings. The van der Waals surface area contributed by atoms with Gasteiger partial charge in [-0.25, -0.2) is 4.79 Å². The SMILES string of the molecule is CCOC(=O)[C@H](CSN=O)NC(C)=O. The first kappa shape index (κ1) is 12.9. The molecule has 0 radical (unpaired) electrons. The van der Waals surface area contributed by atoms with Crippen LogP contribution in [0.25, 0.3) is 0 Å². The third-order valence-electron chi connectivity index (χ3n) is 1.24. The smallest absolute Gasteiger partial charge is 0.329 e. The van der Waals surface area contributed by atoms with Crippen molar-refractivity contribution in [2.75, 3.05) is 12.4 Å². The van der Waals surface area contributed by atoms with E-state index in [9.17, 15) is 14.5 Å². The summed E-state index contributed by atoms with van der Waals surface area (Å²) >= 11 is 0.666. The van der Waals surface area contributed by atoms with Gasteiger partial charge in [-0.05, 0) is 6.92 Å². The fourth-order valence-electron chi connectivity index (χ4n) is 0.762. The maximum atomic E-state index is 11.2. The topological polar surface area (TPSA) is 84.8 Å². The number of amides is 1. The highest BCUT2D eigenvalue weighted by atomic mass is 32.2. The van der Waals surface area contributed by atoms with Gasteiger partial charge in [0.1, 0.15) is 6.04 Å². The predicted octanol–water partition coefficient (Wildman–Crippen LogP) is 0.469. The third kappa shape index (κ3) is 5.52. The second-order valence-electron chi connectivity index (χ2n) is 2.38. The molecule has 6 nitrogen and oxygen atoms in total. The van der Waals surface area contributed by atoms with E-state index in [1.165, 1.54) is 6.92 Å². The summed E-state index contributed by atoms with van der Waals surface area (Å²) in [4.78, 5) is 31.7. The number of rotatable bonds is 6. The maximum Gasteiger partial charge on any atom is 0.329 e. The summed E-state index contributed by atoms with van der Waals surface area (Å²) in [6, 6.07) is -0.810. The highest BCUT2D eigenvalue weighted by Crippen LogP contribution is 2.04. The number of ether oxygens (including phenoxy) is 1. The molecule has 0 aliphatic heterocycles. The lowest BCUT2D eigenvalue weighted by Gasteiger charge is -2.13. The lowest BCUT2D eigenvalue weighted by Crippen LogP contribution is -2.42. The Morgan fingerprint density at radius 3 is 2.64 bits per heavy atom. The molecule has 7 heteroatoms. The molecule has 0 aliphatic carbocycles. The molecule has 14 heavy (non-hydrogen) atoms. The van der Waals surface area contributed by atoms with Crippen molar-refractivity contribution in [1.29, 1.82) is 0 Å². The average Bonchev–Trinajstić information content (AvgIpc) is 2.12. The molecule has 80 valence electrons. The number of carbonyl (C=O) groups excluding carboxylic acids is 2. The molecule has 0 fully saturated rings. The van der Waals surface area contributed by atoms with Crippen molar-refractivity contribution in [2.45, 2.75) is 19.9 Å². The Morgan fingerprint density at radius 2 is 2.21 bits per heavy atom. The summed E-state index contributed by atoms with van der Waals surface area (Å²) in [6.45, 7) is 3.17. The zero-order chi connectivity index (χ0) is 11.0. The Labute approximate surface area is 85.9 Å². The van der Waals surface area contributed by atoms with Crippen LogP contribution in [0, 0.1) is 4.91 Å². The highest BCUT2D eigenvalue weighted by molar-refractivity contribution is 7.97.